The van der Waals surface area contributed by atoms with Crippen molar-refractivity contribution in [2.45, 2.75) is 12.8 Å². The van der Waals surface area contributed by atoms with Gasteiger partial charge in [0.15, 0.2) is 5.82 Å². The van der Waals surface area contributed by atoms with Gasteiger partial charge in [0, 0.05) is 10.9 Å². The van der Waals surface area contributed by atoms with Crippen LogP contribution in [-0.2, 0) is 12.8 Å². The highest BCUT2D eigenvalue weighted by atomic mass is 32.1. The van der Waals surface area contributed by atoms with Gasteiger partial charge in [0.25, 0.3) is 5.91 Å². The fourth-order valence-corrected chi connectivity index (χ4v) is 3.08. The van der Waals surface area contributed by atoms with Crippen molar-refractivity contribution in [1.82, 2.24) is 9.38 Å². The van der Waals surface area contributed by atoms with Gasteiger partial charge >= 0.3 is 6.18 Å². The number of hydrogen-bond acceptors (Lipinski definition) is 4. The van der Waals surface area contributed by atoms with Gasteiger partial charge in [-0.2, -0.15) is 13.2 Å². The van der Waals surface area contributed by atoms with Crippen LogP contribution in [0.1, 0.15) is 21.6 Å². The molecule has 0 saturated heterocycles. The Bertz CT molecular complexity index is 870. The number of carbonyl (C=O) groups excluding carboxylic acids is 1. The van der Waals surface area contributed by atoms with Crippen molar-refractivity contribution in [3.8, 4) is 0 Å². The zero-order chi connectivity index (χ0) is 16.6. The molecule has 0 spiro atoms. The second-order valence-electron chi connectivity index (χ2n) is 4.66. The summed E-state index contributed by atoms with van der Waals surface area (Å²) in [6.45, 7) is -0.320. The quantitative estimate of drug-likeness (QED) is 0.769. The molecule has 3 rings (SSSR count). The van der Waals surface area contributed by atoms with Crippen LogP contribution in [0.15, 0.2) is 36.0 Å². The molecule has 9 heteroatoms. The number of alkyl halides is 3. The molecule has 0 fully saturated rings. The van der Waals surface area contributed by atoms with Crippen LogP contribution >= 0.6 is 11.3 Å². The molecule has 120 valence electrons. The highest BCUT2D eigenvalue weighted by molar-refractivity contribution is 7.16. The average Bonchev–Trinajstić information content (AvgIpc) is 3.09. The maximum atomic E-state index is 12.8. The second-order valence-corrected chi connectivity index (χ2v) is 5.51. The third kappa shape index (κ3) is 2.80. The van der Waals surface area contributed by atoms with E-state index < -0.39 is 17.8 Å². The molecule has 1 amide bonds. The standard InChI is InChI=1S/C14H10F3N3O2S/c15-14(16,17)10-6-23-13-11(18-7-20(10)13)19-12(22)9-4-2-1-3-8(9)5-21/h1-4,6-7,21H,5H2,(H,19,22). The number of aliphatic hydroxyl groups excluding tert-OH is 1. The Morgan fingerprint density at radius 1 is 1.35 bits per heavy atom. The Morgan fingerprint density at radius 3 is 2.78 bits per heavy atom. The Balaban J connectivity index is 1.93. The number of halogens is 3. The number of amides is 1. The fourth-order valence-electron chi connectivity index (χ4n) is 2.13. The van der Waals surface area contributed by atoms with E-state index in [1.807, 2.05) is 0 Å². The minimum Gasteiger partial charge on any atom is -0.392 e. The molecule has 1 aromatic carbocycles. The first-order chi connectivity index (χ1) is 10.9. The van der Waals surface area contributed by atoms with Crippen LogP contribution in [0, 0.1) is 0 Å². The summed E-state index contributed by atoms with van der Waals surface area (Å²) in [7, 11) is 0. The Labute approximate surface area is 132 Å². The average molecular weight is 341 g/mol. The molecule has 0 aliphatic heterocycles. The van der Waals surface area contributed by atoms with Crippen LogP contribution in [0.4, 0.5) is 19.0 Å². The molecule has 0 bridgehead atoms. The van der Waals surface area contributed by atoms with E-state index in [-0.39, 0.29) is 22.8 Å². The lowest BCUT2D eigenvalue weighted by atomic mass is 10.1. The first-order valence-electron chi connectivity index (χ1n) is 6.43. The summed E-state index contributed by atoms with van der Waals surface area (Å²) in [6, 6.07) is 6.41. The fraction of sp³-hybridized carbons (Fsp3) is 0.143. The van der Waals surface area contributed by atoms with Crippen LogP contribution in [0.2, 0.25) is 0 Å². The van der Waals surface area contributed by atoms with Crippen molar-refractivity contribution in [1.29, 1.82) is 0 Å². The molecule has 0 saturated carbocycles. The minimum atomic E-state index is -4.50. The smallest absolute Gasteiger partial charge is 0.392 e. The highest BCUT2D eigenvalue weighted by Gasteiger charge is 2.35. The Morgan fingerprint density at radius 2 is 2.09 bits per heavy atom. The monoisotopic (exact) mass is 341 g/mol. The molecule has 0 unspecified atom stereocenters. The Hall–Kier alpha value is -2.39. The number of rotatable bonds is 3. The summed E-state index contributed by atoms with van der Waals surface area (Å²) >= 11 is 0.838. The van der Waals surface area contributed by atoms with Gasteiger partial charge < -0.3 is 10.4 Å². The molecular weight excluding hydrogens is 331 g/mol. The lowest BCUT2D eigenvalue weighted by Crippen LogP contribution is -2.14. The number of anilines is 1. The van der Waals surface area contributed by atoms with Crippen LogP contribution in [0.5, 0.6) is 0 Å². The highest BCUT2D eigenvalue weighted by Crippen LogP contribution is 2.35. The van der Waals surface area contributed by atoms with Crippen LogP contribution in [-0.4, -0.2) is 20.4 Å². The lowest BCUT2D eigenvalue weighted by molar-refractivity contribution is -0.141. The predicted octanol–water partition coefficient (Wildman–Crippen LogP) is 3.16. The first kappa shape index (κ1) is 15.5. The van der Waals surface area contributed by atoms with Crippen molar-refractivity contribution in [3.63, 3.8) is 0 Å². The van der Waals surface area contributed by atoms with E-state index in [9.17, 15) is 23.1 Å². The molecular formula is C14H10F3N3O2S. The maximum absolute atomic E-state index is 12.8. The van der Waals surface area contributed by atoms with Crippen LogP contribution in [0.3, 0.4) is 0 Å². The van der Waals surface area contributed by atoms with Gasteiger partial charge in [-0.3, -0.25) is 9.20 Å². The van der Waals surface area contributed by atoms with Crippen molar-refractivity contribution >= 4 is 27.9 Å². The summed E-state index contributed by atoms with van der Waals surface area (Å²) in [5.41, 5.74) is -0.187. The predicted molar refractivity (Wildman–Crippen MR) is 78.4 cm³/mol. The summed E-state index contributed by atoms with van der Waals surface area (Å²) in [5, 5.41) is 12.7. The molecule has 2 aromatic heterocycles. The Kier molecular flexibility index (Phi) is 3.82. The van der Waals surface area contributed by atoms with Gasteiger partial charge in [-0.1, -0.05) is 18.2 Å². The number of fused-ring (bicyclic) bond motifs is 1. The van der Waals surface area contributed by atoms with E-state index in [2.05, 4.69) is 10.3 Å². The van der Waals surface area contributed by atoms with Crippen molar-refractivity contribution in [2.75, 3.05) is 5.32 Å². The topological polar surface area (TPSA) is 66.6 Å². The van der Waals surface area contributed by atoms with Gasteiger partial charge in [0.05, 0.1) is 6.61 Å². The van der Waals surface area contributed by atoms with Gasteiger partial charge in [0.2, 0.25) is 0 Å². The van der Waals surface area contributed by atoms with Gasteiger partial charge in [0.1, 0.15) is 16.9 Å². The van der Waals surface area contributed by atoms with E-state index in [1.54, 1.807) is 18.2 Å². The molecule has 2 N–H and O–H groups in total. The number of nitrogens with one attached hydrogen (secondary N) is 1. The summed E-state index contributed by atoms with van der Waals surface area (Å²) in [5.74, 6) is -0.500. The number of aliphatic hydroxyl groups is 1. The zero-order valence-corrected chi connectivity index (χ0v) is 12.3. The molecule has 23 heavy (non-hydrogen) atoms. The van der Waals surface area contributed by atoms with E-state index in [1.165, 1.54) is 6.07 Å². The minimum absolute atomic E-state index is 0.0447. The largest absolute Gasteiger partial charge is 0.432 e. The maximum Gasteiger partial charge on any atom is 0.432 e. The van der Waals surface area contributed by atoms with Crippen molar-refractivity contribution in [3.05, 3.63) is 52.8 Å². The number of imidazole rings is 1. The molecule has 2 heterocycles. The van der Waals surface area contributed by atoms with Crippen molar-refractivity contribution in [2.24, 2.45) is 0 Å². The molecule has 0 aliphatic rings. The number of aromatic nitrogens is 2. The molecule has 5 nitrogen and oxygen atoms in total. The van der Waals surface area contributed by atoms with E-state index in [4.69, 9.17) is 0 Å². The molecule has 0 radical (unpaired) electrons. The van der Waals surface area contributed by atoms with Crippen LogP contribution < -0.4 is 5.32 Å². The normalized spacial score (nSPS) is 11.8. The third-order valence-corrected chi connectivity index (χ3v) is 4.17. The van der Waals surface area contributed by atoms with E-state index in [0.717, 1.165) is 27.4 Å². The SMILES string of the molecule is O=C(Nc1ncn2c(C(F)(F)F)csc12)c1ccccc1CO. The van der Waals surface area contributed by atoms with E-state index >= 15 is 0 Å². The summed E-state index contributed by atoms with van der Waals surface area (Å²) in [4.78, 5) is 16.3. The van der Waals surface area contributed by atoms with Gasteiger partial charge in [-0.05, 0) is 11.6 Å². The zero-order valence-electron chi connectivity index (χ0n) is 11.5. The molecule has 0 aliphatic carbocycles. The van der Waals surface area contributed by atoms with Gasteiger partial charge in [-0.25, -0.2) is 4.98 Å². The first-order valence-corrected chi connectivity index (χ1v) is 7.31. The third-order valence-electron chi connectivity index (χ3n) is 3.22. The number of thiazole rings is 1. The van der Waals surface area contributed by atoms with Crippen molar-refractivity contribution < 1.29 is 23.1 Å². The van der Waals surface area contributed by atoms with Crippen LogP contribution in [0.25, 0.3) is 4.83 Å². The number of nitrogens with zero attached hydrogens (tertiary/aromatic N) is 2. The van der Waals surface area contributed by atoms with Gasteiger partial charge in [-0.15, -0.1) is 11.3 Å². The molecule has 3 aromatic rings. The summed E-state index contributed by atoms with van der Waals surface area (Å²) < 4.78 is 39.4. The number of carbonyl (C=O) groups is 1. The molecule has 0 atom stereocenters. The number of hydrogen-bond donors (Lipinski definition) is 2. The lowest BCUT2D eigenvalue weighted by Gasteiger charge is -2.06. The number of benzene rings is 1. The summed E-state index contributed by atoms with van der Waals surface area (Å²) in [6.07, 6.45) is -3.48. The van der Waals surface area contributed by atoms with E-state index in [0.29, 0.717) is 5.56 Å². The second kappa shape index (κ2) is 5.67.